The average Bonchev–Trinajstić information content (AvgIpc) is 2.89. The lowest BCUT2D eigenvalue weighted by molar-refractivity contribution is 0.279. The first-order valence-electron chi connectivity index (χ1n) is 12.2. The summed E-state index contributed by atoms with van der Waals surface area (Å²) in [5.41, 5.74) is 6.01. The summed E-state index contributed by atoms with van der Waals surface area (Å²) < 4.78 is 20.2. The van der Waals surface area contributed by atoms with Gasteiger partial charge in [-0.15, -0.1) is 0 Å². The summed E-state index contributed by atoms with van der Waals surface area (Å²) in [5, 5.41) is 0. The molecule has 0 spiro atoms. The second kappa shape index (κ2) is 11.6. The van der Waals surface area contributed by atoms with Gasteiger partial charge in [-0.2, -0.15) is 0 Å². The SMILES string of the molecule is Cc1cc(OCCn2ccc(=O)c(OCc3ccccc3)c2C)c(C)c(C)c1OCc1ccccc1. The Morgan fingerprint density at radius 1 is 0.694 bits per heavy atom. The molecule has 0 saturated heterocycles. The van der Waals surface area contributed by atoms with Crippen molar-refractivity contribution in [3.8, 4) is 17.2 Å². The Labute approximate surface area is 212 Å². The fourth-order valence-electron chi connectivity index (χ4n) is 4.18. The maximum atomic E-state index is 12.4. The zero-order valence-electron chi connectivity index (χ0n) is 21.4. The van der Waals surface area contributed by atoms with Crippen LogP contribution in [0.25, 0.3) is 0 Å². The lowest BCUT2D eigenvalue weighted by Gasteiger charge is -2.19. The smallest absolute Gasteiger partial charge is 0.223 e. The summed E-state index contributed by atoms with van der Waals surface area (Å²) in [6.45, 7) is 10.0. The Balaban J connectivity index is 1.40. The predicted octanol–water partition coefficient (Wildman–Crippen LogP) is 6.32. The van der Waals surface area contributed by atoms with Gasteiger partial charge in [0.15, 0.2) is 5.75 Å². The second-order valence-corrected chi connectivity index (χ2v) is 8.96. The number of ether oxygens (including phenoxy) is 3. The van der Waals surface area contributed by atoms with E-state index >= 15 is 0 Å². The van der Waals surface area contributed by atoms with Crippen molar-refractivity contribution < 1.29 is 14.2 Å². The van der Waals surface area contributed by atoms with E-state index in [4.69, 9.17) is 14.2 Å². The summed E-state index contributed by atoms with van der Waals surface area (Å²) >= 11 is 0. The Morgan fingerprint density at radius 2 is 1.28 bits per heavy atom. The largest absolute Gasteiger partial charge is 0.491 e. The molecule has 4 rings (SSSR count). The van der Waals surface area contributed by atoms with E-state index in [2.05, 4.69) is 26.0 Å². The predicted molar refractivity (Wildman–Crippen MR) is 143 cm³/mol. The number of rotatable bonds is 10. The topological polar surface area (TPSA) is 49.7 Å². The third-order valence-electron chi connectivity index (χ3n) is 6.41. The van der Waals surface area contributed by atoms with Gasteiger partial charge >= 0.3 is 0 Å². The molecule has 0 bridgehead atoms. The van der Waals surface area contributed by atoms with E-state index in [1.807, 2.05) is 73.0 Å². The van der Waals surface area contributed by atoms with Gasteiger partial charge in [0.1, 0.15) is 31.3 Å². The van der Waals surface area contributed by atoms with E-state index in [9.17, 15) is 4.79 Å². The first-order chi connectivity index (χ1) is 17.4. The number of hydrogen-bond donors (Lipinski definition) is 0. The van der Waals surface area contributed by atoms with Gasteiger partial charge in [-0.25, -0.2) is 0 Å². The molecule has 0 N–H and O–H groups in total. The molecule has 0 amide bonds. The molecule has 0 radical (unpaired) electrons. The van der Waals surface area contributed by atoms with Gasteiger partial charge in [-0.05, 0) is 61.6 Å². The quantitative estimate of drug-likeness (QED) is 0.265. The minimum Gasteiger partial charge on any atom is -0.491 e. The van der Waals surface area contributed by atoms with Crippen molar-refractivity contribution in [3.63, 3.8) is 0 Å². The summed E-state index contributed by atoms with van der Waals surface area (Å²) in [5.74, 6) is 2.13. The van der Waals surface area contributed by atoms with Gasteiger partial charge in [0.2, 0.25) is 5.43 Å². The molecule has 0 aliphatic rings. The molecule has 5 heteroatoms. The van der Waals surface area contributed by atoms with Gasteiger partial charge in [-0.3, -0.25) is 4.79 Å². The van der Waals surface area contributed by atoms with Crippen LogP contribution in [0.5, 0.6) is 17.2 Å². The van der Waals surface area contributed by atoms with Crippen LogP contribution in [0.3, 0.4) is 0 Å². The molecule has 0 fully saturated rings. The van der Waals surface area contributed by atoms with Crippen LogP contribution in [0.1, 0.15) is 33.5 Å². The normalized spacial score (nSPS) is 10.8. The molecule has 186 valence electrons. The first kappa shape index (κ1) is 25.1. The fourth-order valence-corrected chi connectivity index (χ4v) is 4.18. The maximum Gasteiger partial charge on any atom is 0.223 e. The number of benzene rings is 3. The van der Waals surface area contributed by atoms with Crippen molar-refractivity contribution in [3.05, 3.63) is 123 Å². The lowest BCUT2D eigenvalue weighted by Crippen LogP contribution is -2.17. The molecular formula is C31H33NO4. The van der Waals surface area contributed by atoms with Crippen LogP contribution in [0.15, 0.2) is 83.8 Å². The molecule has 36 heavy (non-hydrogen) atoms. The van der Waals surface area contributed by atoms with Crippen molar-refractivity contribution in [1.82, 2.24) is 4.57 Å². The zero-order valence-corrected chi connectivity index (χ0v) is 21.4. The number of pyridine rings is 1. The Kier molecular flexibility index (Phi) is 8.11. The van der Waals surface area contributed by atoms with Gasteiger partial charge < -0.3 is 18.8 Å². The average molecular weight is 484 g/mol. The Morgan fingerprint density at radius 3 is 1.89 bits per heavy atom. The molecule has 3 aromatic carbocycles. The van der Waals surface area contributed by atoms with Gasteiger partial charge in [0, 0.05) is 12.3 Å². The van der Waals surface area contributed by atoms with Crippen molar-refractivity contribution in [2.24, 2.45) is 0 Å². The molecule has 1 aromatic heterocycles. The monoisotopic (exact) mass is 483 g/mol. The van der Waals surface area contributed by atoms with Gasteiger partial charge in [0.25, 0.3) is 0 Å². The Hall–Kier alpha value is -3.99. The summed E-state index contributed by atoms with van der Waals surface area (Å²) in [4.78, 5) is 12.4. The van der Waals surface area contributed by atoms with Crippen LogP contribution in [0, 0.1) is 27.7 Å². The third kappa shape index (κ3) is 5.98. The molecular weight excluding hydrogens is 450 g/mol. The highest BCUT2D eigenvalue weighted by atomic mass is 16.5. The number of nitrogens with zero attached hydrogens (tertiary/aromatic N) is 1. The van der Waals surface area contributed by atoms with E-state index in [1.54, 1.807) is 12.3 Å². The third-order valence-corrected chi connectivity index (χ3v) is 6.41. The van der Waals surface area contributed by atoms with Crippen LogP contribution in [0.4, 0.5) is 0 Å². The van der Waals surface area contributed by atoms with E-state index in [0.29, 0.717) is 32.1 Å². The van der Waals surface area contributed by atoms with Crippen LogP contribution in [-0.4, -0.2) is 11.2 Å². The van der Waals surface area contributed by atoms with Crippen molar-refractivity contribution in [2.75, 3.05) is 6.61 Å². The first-order valence-corrected chi connectivity index (χ1v) is 12.2. The summed E-state index contributed by atoms with van der Waals surface area (Å²) in [6, 6.07) is 23.6. The number of aromatic nitrogens is 1. The van der Waals surface area contributed by atoms with Gasteiger partial charge in [0.05, 0.1) is 12.2 Å². The molecule has 1 heterocycles. The summed E-state index contributed by atoms with van der Waals surface area (Å²) in [7, 11) is 0. The van der Waals surface area contributed by atoms with Crippen LogP contribution in [0.2, 0.25) is 0 Å². The minimum atomic E-state index is -0.117. The summed E-state index contributed by atoms with van der Waals surface area (Å²) in [6.07, 6.45) is 1.79. The highest BCUT2D eigenvalue weighted by molar-refractivity contribution is 5.52. The highest BCUT2D eigenvalue weighted by Gasteiger charge is 2.14. The van der Waals surface area contributed by atoms with Crippen molar-refractivity contribution in [1.29, 1.82) is 0 Å². The van der Waals surface area contributed by atoms with E-state index in [0.717, 1.165) is 45.0 Å². The molecule has 0 aliphatic carbocycles. The van der Waals surface area contributed by atoms with Crippen LogP contribution in [-0.2, 0) is 19.8 Å². The minimum absolute atomic E-state index is 0.117. The second-order valence-electron chi connectivity index (χ2n) is 8.96. The molecule has 0 unspecified atom stereocenters. The lowest BCUT2D eigenvalue weighted by atomic mass is 10.0. The molecule has 0 saturated carbocycles. The van der Waals surface area contributed by atoms with Crippen molar-refractivity contribution >= 4 is 0 Å². The van der Waals surface area contributed by atoms with Gasteiger partial charge in [-0.1, -0.05) is 60.7 Å². The maximum absolute atomic E-state index is 12.4. The standard InChI is InChI=1S/C31H33NO4/c1-22-19-29(23(2)24(3)30(22)35-20-26-11-7-5-8-12-26)34-18-17-32-16-15-28(33)31(25(32)4)36-21-27-13-9-6-10-14-27/h5-16,19H,17-18,20-21H2,1-4H3. The van der Waals surface area contributed by atoms with Crippen LogP contribution < -0.4 is 19.6 Å². The van der Waals surface area contributed by atoms with Crippen LogP contribution >= 0.6 is 0 Å². The van der Waals surface area contributed by atoms with E-state index < -0.39 is 0 Å². The number of hydrogen-bond acceptors (Lipinski definition) is 4. The zero-order chi connectivity index (χ0) is 25.5. The van der Waals surface area contributed by atoms with E-state index in [-0.39, 0.29) is 5.43 Å². The molecule has 4 aromatic rings. The fraction of sp³-hybridized carbons (Fsp3) is 0.258. The molecule has 0 atom stereocenters. The highest BCUT2D eigenvalue weighted by Crippen LogP contribution is 2.33. The molecule has 0 aliphatic heterocycles. The Bertz CT molecular complexity index is 1360. The van der Waals surface area contributed by atoms with Crippen molar-refractivity contribution in [2.45, 2.75) is 47.5 Å². The van der Waals surface area contributed by atoms with E-state index in [1.165, 1.54) is 0 Å². The molecule has 5 nitrogen and oxygen atoms in total. The number of aryl methyl sites for hydroxylation is 1.